The van der Waals surface area contributed by atoms with Crippen molar-refractivity contribution in [2.75, 3.05) is 30.4 Å². The Morgan fingerprint density at radius 1 is 1.13 bits per heavy atom. The second-order valence-corrected chi connectivity index (χ2v) is 4.30. The topological polar surface area (TPSA) is 15.3 Å². The minimum absolute atomic E-state index is 1.20. The van der Waals surface area contributed by atoms with E-state index in [-0.39, 0.29) is 0 Å². The first-order valence-corrected chi connectivity index (χ1v) is 5.84. The summed E-state index contributed by atoms with van der Waals surface area (Å²) in [5.74, 6) is 0. The Bertz CT molecular complexity index is 327. The van der Waals surface area contributed by atoms with Gasteiger partial charge in [-0.1, -0.05) is 0 Å². The fraction of sp³-hybridized carbons (Fsp3) is 0.538. The predicted octanol–water partition coefficient (Wildman–Crippen LogP) is 3.03. The summed E-state index contributed by atoms with van der Waals surface area (Å²) in [6.07, 6.45) is 4.07. The first-order valence-electron chi connectivity index (χ1n) is 5.84. The highest BCUT2D eigenvalue weighted by atomic mass is 15.1. The zero-order valence-electron chi connectivity index (χ0n) is 9.71. The molecule has 1 N–H and O–H groups in total. The maximum atomic E-state index is 3.18. The molecule has 1 aromatic carbocycles. The molecule has 2 nitrogen and oxygen atoms in total. The molecule has 2 rings (SSSR count). The number of hydrogen-bond donors (Lipinski definition) is 1. The highest BCUT2D eigenvalue weighted by molar-refractivity contribution is 5.60. The fourth-order valence-corrected chi connectivity index (χ4v) is 2.30. The average molecular weight is 204 g/mol. The van der Waals surface area contributed by atoms with Gasteiger partial charge in [0.1, 0.15) is 0 Å². The van der Waals surface area contributed by atoms with Gasteiger partial charge in [0.05, 0.1) is 0 Å². The molecule has 0 bridgehead atoms. The number of anilines is 2. The average Bonchev–Trinajstić information content (AvgIpc) is 2.30. The highest BCUT2D eigenvalue weighted by Gasteiger charge is 2.12. The first-order chi connectivity index (χ1) is 7.31. The fourth-order valence-electron chi connectivity index (χ4n) is 2.30. The third-order valence-corrected chi connectivity index (χ3v) is 3.18. The summed E-state index contributed by atoms with van der Waals surface area (Å²) >= 11 is 0. The van der Waals surface area contributed by atoms with Gasteiger partial charge in [-0.2, -0.15) is 0 Å². The quantitative estimate of drug-likeness (QED) is 0.796. The van der Waals surface area contributed by atoms with E-state index in [1.54, 1.807) is 0 Å². The van der Waals surface area contributed by atoms with Gasteiger partial charge in [0.25, 0.3) is 0 Å². The van der Waals surface area contributed by atoms with E-state index in [1.807, 2.05) is 7.05 Å². The van der Waals surface area contributed by atoms with Crippen LogP contribution in [0.4, 0.5) is 11.4 Å². The van der Waals surface area contributed by atoms with Crippen LogP contribution in [-0.4, -0.2) is 20.1 Å². The molecule has 1 saturated heterocycles. The van der Waals surface area contributed by atoms with Crippen LogP contribution in [-0.2, 0) is 0 Å². The molecule has 1 aromatic rings. The monoisotopic (exact) mass is 204 g/mol. The van der Waals surface area contributed by atoms with E-state index in [4.69, 9.17) is 0 Å². The van der Waals surface area contributed by atoms with Crippen molar-refractivity contribution in [3.63, 3.8) is 0 Å². The Morgan fingerprint density at radius 2 is 1.87 bits per heavy atom. The molecule has 0 aromatic heterocycles. The molecule has 0 radical (unpaired) electrons. The SMILES string of the molecule is CNc1ccc(N2CCCCC2)c(C)c1. The van der Waals surface area contributed by atoms with E-state index in [0.29, 0.717) is 0 Å². The van der Waals surface area contributed by atoms with E-state index in [9.17, 15) is 0 Å². The Hall–Kier alpha value is -1.18. The van der Waals surface area contributed by atoms with Crippen molar-refractivity contribution in [1.29, 1.82) is 0 Å². The summed E-state index contributed by atoms with van der Waals surface area (Å²) in [4.78, 5) is 2.51. The summed E-state index contributed by atoms with van der Waals surface area (Å²) in [6.45, 7) is 4.64. The molecule has 15 heavy (non-hydrogen) atoms. The van der Waals surface area contributed by atoms with Crippen LogP contribution in [0, 0.1) is 6.92 Å². The number of benzene rings is 1. The largest absolute Gasteiger partial charge is 0.388 e. The maximum Gasteiger partial charge on any atom is 0.0397 e. The summed E-state index contributed by atoms with van der Waals surface area (Å²) in [7, 11) is 1.97. The van der Waals surface area contributed by atoms with Gasteiger partial charge in [0.15, 0.2) is 0 Å². The molecule has 1 fully saturated rings. The van der Waals surface area contributed by atoms with Gasteiger partial charge in [-0.15, -0.1) is 0 Å². The Kier molecular flexibility index (Phi) is 3.14. The molecule has 1 aliphatic heterocycles. The zero-order valence-corrected chi connectivity index (χ0v) is 9.71. The number of hydrogen-bond acceptors (Lipinski definition) is 2. The number of aryl methyl sites for hydroxylation is 1. The first kappa shape index (κ1) is 10.3. The van der Waals surface area contributed by atoms with Gasteiger partial charge in [-0.05, 0) is 49.9 Å². The second kappa shape index (κ2) is 4.56. The van der Waals surface area contributed by atoms with Gasteiger partial charge in [0.2, 0.25) is 0 Å². The molecular formula is C13H20N2. The summed E-state index contributed by atoms with van der Waals surface area (Å²) in [5.41, 5.74) is 3.99. The van der Waals surface area contributed by atoms with Crippen LogP contribution in [0.25, 0.3) is 0 Å². The lowest BCUT2D eigenvalue weighted by molar-refractivity contribution is 0.577. The van der Waals surface area contributed by atoms with Gasteiger partial charge >= 0.3 is 0 Å². The lowest BCUT2D eigenvalue weighted by Crippen LogP contribution is -2.29. The number of piperidine rings is 1. The molecule has 0 atom stereocenters. The molecule has 0 saturated carbocycles. The lowest BCUT2D eigenvalue weighted by Gasteiger charge is -2.30. The van der Waals surface area contributed by atoms with E-state index in [1.165, 1.54) is 49.3 Å². The van der Waals surface area contributed by atoms with E-state index >= 15 is 0 Å². The summed E-state index contributed by atoms with van der Waals surface area (Å²) in [6, 6.07) is 6.63. The molecule has 2 heteroatoms. The van der Waals surface area contributed by atoms with Crippen LogP contribution in [0.2, 0.25) is 0 Å². The van der Waals surface area contributed by atoms with E-state index in [0.717, 1.165) is 0 Å². The lowest BCUT2D eigenvalue weighted by atomic mass is 10.1. The molecule has 1 aliphatic rings. The standard InChI is InChI=1S/C13H20N2/c1-11-10-12(14-2)6-7-13(11)15-8-4-3-5-9-15/h6-7,10,14H,3-5,8-9H2,1-2H3. The molecule has 0 unspecified atom stereocenters. The Labute approximate surface area is 92.3 Å². The Morgan fingerprint density at radius 3 is 2.47 bits per heavy atom. The van der Waals surface area contributed by atoms with Crippen LogP contribution in [0.5, 0.6) is 0 Å². The third kappa shape index (κ3) is 2.25. The summed E-state index contributed by atoms with van der Waals surface area (Å²) in [5, 5.41) is 3.18. The van der Waals surface area contributed by atoms with Crippen molar-refractivity contribution in [2.24, 2.45) is 0 Å². The molecule has 0 aliphatic carbocycles. The van der Waals surface area contributed by atoms with Crippen molar-refractivity contribution in [1.82, 2.24) is 0 Å². The van der Waals surface area contributed by atoms with E-state index < -0.39 is 0 Å². The van der Waals surface area contributed by atoms with Gasteiger partial charge in [0, 0.05) is 31.5 Å². The number of nitrogens with zero attached hydrogens (tertiary/aromatic N) is 1. The number of nitrogens with one attached hydrogen (secondary N) is 1. The second-order valence-electron chi connectivity index (χ2n) is 4.30. The van der Waals surface area contributed by atoms with Gasteiger partial charge < -0.3 is 10.2 Å². The van der Waals surface area contributed by atoms with E-state index in [2.05, 4.69) is 35.3 Å². The van der Waals surface area contributed by atoms with Crippen LogP contribution >= 0.6 is 0 Å². The molecule has 0 spiro atoms. The van der Waals surface area contributed by atoms with Crippen LogP contribution < -0.4 is 10.2 Å². The van der Waals surface area contributed by atoms with Crippen LogP contribution in [0.1, 0.15) is 24.8 Å². The van der Waals surface area contributed by atoms with Gasteiger partial charge in [-0.25, -0.2) is 0 Å². The van der Waals surface area contributed by atoms with Crippen molar-refractivity contribution < 1.29 is 0 Å². The highest BCUT2D eigenvalue weighted by Crippen LogP contribution is 2.25. The normalized spacial score (nSPS) is 16.5. The smallest absolute Gasteiger partial charge is 0.0397 e. The predicted molar refractivity (Wildman–Crippen MR) is 66.8 cm³/mol. The number of rotatable bonds is 2. The van der Waals surface area contributed by atoms with Gasteiger partial charge in [-0.3, -0.25) is 0 Å². The molecule has 1 heterocycles. The maximum absolute atomic E-state index is 3.18. The minimum atomic E-state index is 1.20. The van der Waals surface area contributed by atoms with Crippen molar-refractivity contribution in [2.45, 2.75) is 26.2 Å². The summed E-state index contributed by atoms with van der Waals surface area (Å²) < 4.78 is 0. The molecule has 82 valence electrons. The van der Waals surface area contributed by atoms with Crippen LogP contribution in [0.15, 0.2) is 18.2 Å². The Balaban J connectivity index is 2.19. The minimum Gasteiger partial charge on any atom is -0.388 e. The van der Waals surface area contributed by atoms with Crippen molar-refractivity contribution in [3.05, 3.63) is 23.8 Å². The van der Waals surface area contributed by atoms with Crippen LogP contribution in [0.3, 0.4) is 0 Å². The zero-order chi connectivity index (χ0) is 10.7. The third-order valence-electron chi connectivity index (χ3n) is 3.18. The van der Waals surface area contributed by atoms with Crippen molar-refractivity contribution in [3.8, 4) is 0 Å². The van der Waals surface area contributed by atoms with Crippen molar-refractivity contribution >= 4 is 11.4 Å². The molecular weight excluding hydrogens is 184 g/mol. The molecule has 0 amide bonds.